The molecule has 1 unspecified atom stereocenters. The second kappa shape index (κ2) is 8.83. The highest BCUT2D eigenvalue weighted by Crippen LogP contribution is 2.30. The Morgan fingerprint density at radius 1 is 1.27 bits per heavy atom. The first-order valence-electron chi connectivity index (χ1n) is 7.78. The number of imide groups is 1. The minimum absolute atomic E-state index is 0.381. The number of urea groups is 1. The van der Waals surface area contributed by atoms with Crippen molar-refractivity contribution >= 4 is 61.8 Å². The Balaban J connectivity index is 1.89. The van der Waals surface area contributed by atoms with Crippen molar-refractivity contribution in [3.05, 3.63) is 28.7 Å². The van der Waals surface area contributed by atoms with E-state index in [9.17, 15) is 9.59 Å². The molecule has 1 heterocycles. The van der Waals surface area contributed by atoms with Gasteiger partial charge in [-0.25, -0.2) is 4.79 Å². The van der Waals surface area contributed by atoms with Crippen molar-refractivity contribution in [1.29, 1.82) is 0 Å². The molecule has 7 nitrogen and oxygen atoms in total. The van der Waals surface area contributed by atoms with Crippen LogP contribution < -0.4 is 16.0 Å². The van der Waals surface area contributed by atoms with Crippen LogP contribution >= 0.6 is 39.0 Å². The number of nitrogens with one attached hydrogen (secondary N) is 3. The van der Waals surface area contributed by atoms with E-state index in [0.29, 0.717) is 9.47 Å². The molecule has 1 aromatic heterocycles. The van der Waals surface area contributed by atoms with Crippen LogP contribution in [0.5, 0.6) is 0 Å². The first-order chi connectivity index (χ1) is 12.1. The maximum absolute atomic E-state index is 12.1. The molecular weight excluding hydrogens is 438 g/mol. The fraction of sp³-hybridized carbons (Fsp3) is 0.375. The third-order valence-corrected chi connectivity index (χ3v) is 5.37. The minimum atomic E-state index is -0.510. The van der Waals surface area contributed by atoms with Gasteiger partial charge in [-0.1, -0.05) is 45.1 Å². The van der Waals surface area contributed by atoms with Crippen molar-refractivity contribution in [1.82, 2.24) is 20.8 Å². The van der Waals surface area contributed by atoms with Crippen molar-refractivity contribution in [3.63, 3.8) is 0 Å². The molecule has 1 aromatic carbocycles. The van der Waals surface area contributed by atoms with Crippen LogP contribution in [0.2, 0.25) is 0 Å². The van der Waals surface area contributed by atoms with E-state index in [1.807, 2.05) is 45.0 Å². The highest BCUT2D eigenvalue weighted by molar-refractivity contribution is 9.10. The first kappa shape index (κ1) is 20.7. The first-order valence-corrected chi connectivity index (χ1v) is 10.3. The topological polar surface area (TPSA) is 96.0 Å². The standard InChI is InChI=1S/C16H20BrN5O2S2/c1-9(12(23)19-13(24)20-16(2,3)4)25-15-22-21-14(26-15)18-11-7-5-6-10(17)8-11/h5-9H,1-4H3,(H,18,21)(H2,19,20,23,24). The summed E-state index contributed by atoms with van der Waals surface area (Å²) < 4.78 is 1.60. The molecule has 0 bridgehead atoms. The third-order valence-electron chi connectivity index (χ3n) is 2.85. The number of thioether (sulfide) groups is 1. The normalized spacial score (nSPS) is 12.3. The van der Waals surface area contributed by atoms with Gasteiger partial charge in [0.1, 0.15) is 0 Å². The van der Waals surface area contributed by atoms with E-state index in [0.717, 1.165) is 10.2 Å². The van der Waals surface area contributed by atoms with Crippen LogP contribution in [0.25, 0.3) is 0 Å². The lowest BCUT2D eigenvalue weighted by molar-refractivity contribution is -0.119. The molecule has 0 saturated carbocycles. The van der Waals surface area contributed by atoms with Crippen LogP contribution in [0, 0.1) is 0 Å². The van der Waals surface area contributed by atoms with Crippen LogP contribution in [0.15, 0.2) is 33.1 Å². The summed E-state index contributed by atoms with van der Waals surface area (Å²) in [5.74, 6) is -0.381. The summed E-state index contributed by atoms with van der Waals surface area (Å²) >= 11 is 6.00. The summed E-state index contributed by atoms with van der Waals surface area (Å²) in [5.41, 5.74) is 0.476. The summed E-state index contributed by atoms with van der Waals surface area (Å²) in [6.07, 6.45) is 0. The van der Waals surface area contributed by atoms with E-state index in [1.165, 1.54) is 23.1 Å². The zero-order valence-corrected chi connectivity index (χ0v) is 18.0. The van der Waals surface area contributed by atoms with Gasteiger partial charge in [0, 0.05) is 15.7 Å². The van der Waals surface area contributed by atoms with Crippen molar-refractivity contribution in [2.75, 3.05) is 5.32 Å². The molecule has 2 aromatic rings. The highest BCUT2D eigenvalue weighted by atomic mass is 79.9. The number of hydrogen-bond acceptors (Lipinski definition) is 7. The zero-order chi connectivity index (χ0) is 19.3. The molecular formula is C16H20BrN5O2S2. The summed E-state index contributed by atoms with van der Waals surface area (Å²) in [6, 6.07) is 7.19. The van der Waals surface area contributed by atoms with Gasteiger partial charge >= 0.3 is 6.03 Å². The van der Waals surface area contributed by atoms with Crippen LogP contribution in [-0.2, 0) is 4.79 Å². The van der Waals surface area contributed by atoms with Crippen molar-refractivity contribution in [2.45, 2.75) is 42.8 Å². The van der Waals surface area contributed by atoms with Gasteiger partial charge in [-0.15, -0.1) is 10.2 Å². The number of amides is 3. The van der Waals surface area contributed by atoms with E-state index in [2.05, 4.69) is 42.1 Å². The maximum Gasteiger partial charge on any atom is 0.321 e. The van der Waals surface area contributed by atoms with Gasteiger partial charge in [0.2, 0.25) is 11.0 Å². The molecule has 0 fully saturated rings. The number of carbonyl (C=O) groups is 2. The van der Waals surface area contributed by atoms with Gasteiger partial charge in [-0.05, 0) is 45.9 Å². The van der Waals surface area contributed by atoms with Crippen LogP contribution in [-0.4, -0.2) is 32.9 Å². The van der Waals surface area contributed by atoms with E-state index in [1.54, 1.807) is 6.92 Å². The SMILES string of the molecule is CC(Sc1nnc(Nc2cccc(Br)c2)s1)C(=O)NC(=O)NC(C)(C)C. The third kappa shape index (κ3) is 6.93. The van der Waals surface area contributed by atoms with Gasteiger partial charge in [0.05, 0.1) is 5.25 Å². The van der Waals surface area contributed by atoms with Crippen molar-refractivity contribution in [3.8, 4) is 0 Å². The lowest BCUT2D eigenvalue weighted by Crippen LogP contribution is -2.49. The molecule has 3 amide bonds. The molecule has 140 valence electrons. The summed E-state index contributed by atoms with van der Waals surface area (Å²) in [6.45, 7) is 7.25. The van der Waals surface area contributed by atoms with Gasteiger partial charge in [-0.3, -0.25) is 10.1 Å². The summed E-state index contributed by atoms with van der Waals surface area (Å²) in [4.78, 5) is 23.9. The number of aromatic nitrogens is 2. The van der Waals surface area contributed by atoms with E-state index < -0.39 is 16.8 Å². The quantitative estimate of drug-likeness (QED) is 0.583. The molecule has 1 atom stereocenters. The largest absolute Gasteiger partial charge is 0.333 e. The molecule has 0 spiro atoms. The number of halogens is 1. The Labute approximate surface area is 168 Å². The second-order valence-electron chi connectivity index (χ2n) is 6.46. The molecule has 0 aliphatic heterocycles. The van der Waals surface area contributed by atoms with Gasteiger partial charge in [-0.2, -0.15) is 0 Å². The average molecular weight is 458 g/mol. The van der Waals surface area contributed by atoms with Gasteiger partial charge in [0.15, 0.2) is 4.34 Å². The predicted octanol–water partition coefficient (Wildman–Crippen LogP) is 4.15. The van der Waals surface area contributed by atoms with Gasteiger partial charge < -0.3 is 10.6 Å². The minimum Gasteiger partial charge on any atom is -0.333 e. The van der Waals surface area contributed by atoms with Crippen molar-refractivity contribution in [2.24, 2.45) is 0 Å². The molecule has 10 heteroatoms. The number of nitrogens with zero attached hydrogens (tertiary/aromatic N) is 2. The van der Waals surface area contributed by atoms with E-state index >= 15 is 0 Å². The van der Waals surface area contributed by atoms with Crippen LogP contribution in [0.4, 0.5) is 15.6 Å². The lowest BCUT2D eigenvalue weighted by Gasteiger charge is -2.20. The Kier molecular flexibility index (Phi) is 7.01. The zero-order valence-electron chi connectivity index (χ0n) is 14.8. The van der Waals surface area contributed by atoms with E-state index in [4.69, 9.17) is 0 Å². The molecule has 0 saturated heterocycles. The Bertz CT molecular complexity index is 791. The number of anilines is 2. The van der Waals surface area contributed by atoms with Gasteiger partial charge in [0.25, 0.3) is 0 Å². The summed E-state index contributed by atoms with van der Waals surface area (Å²) in [7, 11) is 0. The van der Waals surface area contributed by atoms with E-state index in [-0.39, 0.29) is 5.91 Å². The fourth-order valence-electron chi connectivity index (χ4n) is 1.79. The van der Waals surface area contributed by atoms with Crippen LogP contribution in [0.1, 0.15) is 27.7 Å². The monoisotopic (exact) mass is 457 g/mol. The summed E-state index contributed by atoms with van der Waals surface area (Å²) in [5, 5.41) is 16.5. The molecule has 26 heavy (non-hydrogen) atoms. The van der Waals surface area contributed by atoms with Crippen LogP contribution in [0.3, 0.4) is 0 Å². The number of carbonyl (C=O) groups excluding carboxylic acids is 2. The molecule has 3 N–H and O–H groups in total. The molecule has 0 aliphatic carbocycles. The Morgan fingerprint density at radius 3 is 2.65 bits per heavy atom. The fourth-order valence-corrected chi connectivity index (χ4v) is 4.10. The number of benzene rings is 1. The highest BCUT2D eigenvalue weighted by Gasteiger charge is 2.21. The number of rotatable bonds is 5. The second-order valence-corrected chi connectivity index (χ2v) is 9.94. The molecule has 2 rings (SSSR count). The maximum atomic E-state index is 12.1. The Morgan fingerprint density at radius 2 is 2.00 bits per heavy atom. The smallest absolute Gasteiger partial charge is 0.321 e. The Hall–Kier alpha value is -1.65. The molecule has 0 radical (unpaired) electrons. The van der Waals surface area contributed by atoms with Crippen molar-refractivity contribution < 1.29 is 9.59 Å². The number of hydrogen-bond donors (Lipinski definition) is 3. The lowest BCUT2D eigenvalue weighted by atomic mass is 10.1. The predicted molar refractivity (Wildman–Crippen MR) is 109 cm³/mol. The average Bonchev–Trinajstić information content (AvgIpc) is 2.92. The molecule has 0 aliphatic rings.